The fraction of sp³-hybridized carbons (Fsp3) is 0.400. The van der Waals surface area contributed by atoms with Crippen molar-refractivity contribution in [3.63, 3.8) is 0 Å². The van der Waals surface area contributed by atoms with E-state index in [2.05, 4.69) is 45.1 Å². The number of hydrogen-bond donors (Lipinski definition) is 0. The molecule has 0 aliphatic carbocycles. The van der Waals surface area contributed by atoms with Gasteiger partial charge < -0.3 is 0 Å². The molecule has 1 radical (unpaired) electrons. The molecule has 0 heterocycles. The zero-order valence-electron chi connectivity index (χ0n) is 7.73. The molecule has 0 amide bonds. The van der Waals surface area contributed by atoms with Gasteiger partial charge in [-0.2, -0.15) is 0 Å². The lowest BCUT2D eigenvalue weighted by atomic mass is 10.2. The Morgan fingerprint density at radius 3 is 2.18 bits per heavy atom. The van der Waals surface area contributed by atoms with Crippen LogP contribution in [0.4, 0.5) is 0 Å². The summed E-state index contributed by atoms with van der Waals surface area (Å²) in [6, 6.07) is 6.76. The summed E-state index contributed by atoms with van der Waals surface area (Å²) in [5.74, 6) is 0. The maximum absolute atomic E-state index is 2.34. The fourth-order valence-electron chi connectivity index (χ4n) is 1.37. The first-order chi connectivity index (χ1) is 5.11. The quantitative estimate of drug-likeness (QED) is 0.557. The first-order valence-electron chi connectivity index (χ1n) is 3.99. The molecule has 0 atom stereocenters. The van der Waals surface area contributed by atoms with E-state index in [-0.39, 0.29) is 8.80 Å². The largest absolute Gasteiger partial charge is 0.0795 e. The zero-order chi connectivity index (χ0) is 8.43. The molecule has 11 heavy (non-hydrogen) atoms. The normalized spacial score (nSPS) is 10.6. The standard InChI is InChI=1S/C10H15Si/c1-8-5-6-10(11(3)4)9(2)7-8/h5-7H,1-4H3. The molecule has 0 spiro atoms. The number of aryl methyl sites for hydroxylation is 2. The Hall–Kier alpha value is -0.563. The van der Waals surface area contributed by atoms with Crippen LogP contribution in [-0.4, -0.2) is 8.80 Å². The van der Waals surface area contributed by atoms with Crippen LogP contribution in [0.5, 0.6) is 0 Å². The van der Waals surface area contributed by atoms with Crippen molar-refractivity contribution < 1.29 is 0 Å². The van der Waals surface area contributed by atoms with Crippen LogP contribution in [0.15, 0.2) is 18.2 Å². The van der Waals surface area contributed by atoms with E-state index in [0.717, 1.165) is 0 Å². The van der Waals surface area contributed by atoms with E-state index >= 15 is 0 Å². The molecule has 1 aromatic rings. The lowest BCUT2D eigenvalue weighted by Gasteiger charge is -2.08. The van der Waals surface area contributed by atoms with E-state index in [1.807, 2.05) is 0 Å². The van der Waals surface area contributed by atoms with E-state index in [0.29, 0.717) is 0 Å². The molecule has 0 saturated heterocycles. The molecule has 0 aromatic heterocycles. The molecular weight excluding hydrogens is 148 g/mol. The van der Waals surface area contributed by atoms with Gasteiger partial charge >= 0.3 is 0 Å². The van der Waals surface area contributed by atoms with Gasteiger partial charge in [0, 0.05) is 0 Å². The molecule has 1 rings (SSSR count). The second-order valence-electron chi connectivity index (χ2n) is 3.32. The lowest BCUT2D eigenvalue weighted by Crippen LogP contribution is -2.25. The van der Waals surface area contributed by atoms with Gasteiger partial charge in [0.15, 0.2) is 0 Å². The van der Waals surface area contributed by atoms with E-state index < -0.39 is 0 Å². The maximum Gasteiger partial charge on any atom is 0.0795 e. The smallest absolute Gasteiger partial charge is 0.0671 e. The second-order valence-corrected chi connectivity index (χ2v) is 5.86. The van der Waals surface area contributed by atoms with Crippen molar-refractivity contribution in [2.75, 3.05) is 0 Å². The molecule has 0 bridgehead atoms. The molecule has 0 unspecified atom stereocenters. The molecule has 1 aromatic carbocycles. The average molecular weight is 163 g/mol. The summed E-state index contributed by atoms with van der Waals surface area (Å²) in [6.07, 6.45) is 0. The Morgan fingerprint density at radius 1 is 1.09 bits per heavy atom. The van der Waals surface area contributed by atoms with Gasteiger partial charge in [0.05, 0.1) is 8.80 Å². The highest BCUT2D eigenvalue weighted by Gasteiger charge is 2.03. The minimum absolute atomic E-state index is 0.259. The number of benzene rings is 1. The third-order valence-electron chi connectivity index (χ3n) is 1.92. The molecule has 59 valence electrons. The van der Waals surface area contributed by atoms with Gasteiger partial charge in [0.2, 0.25) is 0 Å². The highest BCUT2D eigenvalue weighted by Crippen LogP contribution is 2.01. The van der Waals surface area contributed by atoms with Gasteiger partial charge in [-0.05, 0) is 13.8 Å². The molecule has 0 aliphatic rings. The maximum atomic E-state index is 2.34. The summed E-state index contributed by atoms with van der Waals surface area (Å²) < 4.78 is 0. The molecule has 0 fully saturated rings. The van der Waals surface area contributed by atoms with E-state index in [1.54, 1.807) is 5.19 Å². The van der Waals surface area contributed by atoms with E-state index in [4.69, 9.17) is 0 Å². The Kier molecular flexibility index (Phi) is 2.50. The van der Waals surface area contributed by atoms with Gasteiger partial charge in [-0.15, -0.1) is 0 Å². The topological polar surface area (TPSA) is 0 Å². The van der Waals surface area contributed by atoms with Crippen LogP contribution >= 0.6 is 0 Å². The molecule has 1 heteroatoms. The Labute approximate surface area is 70.9 Å². The van der Waals surface area contributed by atoms with Crippen molar-refractivity contribution in [1.29, 1.82) is 0 Å². The first kappa shape index (κ1) is 8.53. The minimum Gasteiger partial charge on any atom is -0.0671 e. The lowest BCUT2D eigenvalue weighted by molar-refractivity contribution is 1.41. The Bertz CT molecular complexity index is 251. The monoisotopic (exact) mass is 163 g/mol. The van der Waals surface area contributed by atoms with Crippen molar-refractivity contribution >= 4 is 14.0 Å². The molecule has 0 saturated carbocycles. The SMILES string of the molecule is Cc1ccc([Si](C)C)c(C)c1. The minimum atomic E-state index is -0.259. The van der Waals surface area contributed by atoms with Gasteiger partial charge in [-0.1, -0.05) is 47.6 Å². The third-order valence-corrected chi connectivity index (χ3v) is 3.56. The van der Waals surface area contributed by atoms with Crippen molar-refractivity contribution in [2.24, 2.45) is 0 Å². The number of rotatable bonds is 1. The summed E-state index contributed by atoms with van der Waals surface area (Å²) in [7, 11) is -0.259. The highest BCUT2D eigenvalue weighted by atomic mass is 28.3. The summed E-state index contributed by atoms with van der Waals surface area (Å²) in [5.41, 5.74) is 2.83. The molecular formula is C10H15Si. The highest BCUT2D eigenvalue weighted by molar-refractivity contribution is 6.71. The van der Waals surface area contributed by atoms with Crippen LogP contribution < -0.4 is 5.19 Å². The predicted molar refractivity (Wildman–Crippen MR) is 53.0 cm³/mol. The number of hydrogen-bond acceptors (Lipinski definition) is 0. The van der Waals surface area contributed by atoms with Crippen LogP contribution in [0.25, 0.3) is 0 Å². The first-order valence-corrected chi connectivity index (χ1v) is 6.49. The van der Waals surface area contributed by atoms with Gasteiger partial charge in [0.1, 0.15) is 0 Å². The van der Waals surface area contributed by atoms with E-state index in [9.17, 15) is 0 Å². The van der Waals surface area contributed by atoms with Gasteiger partial charge in [-0.3, -0.25) is 0 Å². The van der Waals surface area contributed by atoms with Crippen molar-refractivity contribution in [1.82, 2.24) is 0 Å². The van der Waals surface area contributed by atoms with Gasteiger partial charge in [0.25, 0.3) is 0 Å². The fourth-order valence-corrected chi connectivity index (χ4v) is 2.65. The van der Waals surface area contributed by atoms with Crippen LogP contribution in [0.2, 0.25) is 13.1 Å². The van der Waals surface area contributed by atoms with Crippen LogP contribution in [0.1, 0.15) is 11.1 Å². The Morgan fingerprint density at radius 2 is 1.73 bits per heavy atom. The summed E-state index contributed by atoms with van der Waals surface area (Å²) in [5, 5.41) is 1.57. The zero-order valence-corrected chi connectivity index (χ0v) is 8.73. The van der Waals surface area contributed by atoms with Crippen molar-refractivity contribution in [3.05, 3.63) is 29.3 Å². The third kappa shape index (κ3) is 1.93. The summed E-state index contributed by atoms with van der Waals surface area (Å²) in [6.45, 7) is 9.03. The second kappa shape index (κ2) is 3.22. The van der Waals surface area contributed by atoms with Crippen molar-refractivity contribution in [3.8, 4) is 0 Å². The van der Waals surface area contributed by atoms with Crippen LogP contribution in [-0.2, 0) is 0 Å². The summed E-state index contributed by atoms with van der Waals surface area (Å²) >= 11 is 0. The predicted octanol–water partition coefficient (Wildman–Crippen LogP) is 2.26. The summed E-state index contributed by atoms with van der Waals surface area (Å²) in [4.78, 5) is 0. The van der Waals surface area contributed by atoms with Gasteiger partial charge in [-0.25, -0.2) is 0 Å². The van der Waals surface area contributed by atoms with E-state index in [1.165, 1.54) is 11.1 Å². The average Bonchev–Trinajstić information content (AvgIpc) is 1.85. The molecule has 0 nitrogen and oxygen atoms in total. The Balaban J connectivity index is 3.09. The van der Waals surface area contributed by atoms with Crippen LogP contribution in [0.3, 0.4) is 0 Å². The van der Waals surface area contributed by atoms with Crippen molar-refractivity contribution in [2.45, 2.75) is 26.9 Å². The molecule has 0 N–H and O–H groups in total. The van der Waals surface area contributed by atoms with Crippen LogP contribution in [0, 0.1) is 13.8 Å². The molecule has 0 aliphatic heterocycles.